The molecule has 2 aromatic carbocycles. The van der Waals surface area contributed by atoms with Crippen LogP contribution < -0.4 is 4.74 Å². The number of aliphatic hydroxyl groups excluding tert-OH is 1. The summed E-state index contributed by atoms with van der Waals surface area (Å²) in [5.41, 5.74) is 2.86. The van der Waals surface area contributed by atoms with Crippen LogP contribution in [0.2, 0.25) is 0 Å². The highest BCUT2D eigenvalue weighted by atomic mass is 19.1. The highest BCUT2D eigenvalue weighted by Gasteiger charge is 2.31. The van der Waals surface area contributed by atoms with Crippen molar-refractivity contribution in [2.45, 2.75) is 45.1 Å². The fourth-order valence-electron chi connectivity index (χ4n) is 5.77. The second-order valence-corrected chi connectivity index (χ2v) is 10.6. The highest BCUT2D eigenvalue weighted by molar-refractivity contribution is 6.45. The van der Waals surface area contributed by atoms with Crippen LogP contribution in [0.15, 0.2) is 36.4 Å². The van der Waals surface area contributed by atoms with E-state index in [9.17, 15) is 23.9 Å². The Kier molecular flexibility index (Phi) is 7.70. The molecular formula is C30H34FN3O5. The number of nitrogens with one attached hydrogen (secondary N) is 1. The number of methoxy groups -OCH3 is 1. The zero-order valence-electron chi connectivity index (χ0n) is 22.3. The molecule has 0 unspecified atom stereocenters. The molecule has 2 fully saturated rings. The van der Waals surface area contributed by atoms with Crippen molar-refractivity contribution in [3.05, 3.63) is 64.6 Å². The molecule has 0 saturated carbocycles. The first-order chi connectivity index (χ1) is 18.7. The molecule has 1 aromatic heterocycles. The number of likely N-dealkylation sites (tertiary alicyclic amines) is 2. The van der Waals surface area contributed by atoms with Crippen molar-refractivity contribution in [2.75, 3.05) is 33.3 Å². The van der Waals surface area contributed by atoms with Gasteiger partial charge in [0.25, 0.3) is 17.6 Å². The van der Waals surface area contributed by atoms with Crippen LogP contribution in [0.5, 0.6) is 5.75 Å². The van der Waals surface area contributed by atoms with Gasteiger partial charge >= 0.3 is 0 Å². The van der Waals surface area contributed by atoms with Gasteiger partial charge in [-0.05, 0) is 68.7 Å². The number of Topliss-reactive ketones (excluding diaryl/α,β-unsaturated/α-hetero) is 1. The third kappa shape index (κ3) is 5.54. The number of aliphatic hydroxyl groups is 1. The van der Waals surface area contributed by atoms with Crippen LogP contribution in [0.25, 0.3) is 10.9 Å². The number of aromatic nitrogens is 1. The fourth-order valence-corrected chi connectivity index (χ4v) is 5.77. The maximum Gasteiger partial charge on any atom is 0.295 e. The van der Waals surface area contributed by atoms with Crippen molar-refractivity contribution in [1.82, 2.24) is 14.8 Å². The van der Waals surface area contributed by atoms with E-state index in [0.29, 0.717) is 72.8 Å². The monoisotopic (exact) mass is 535 g/mol. The van der Waals surface area contributed by atoms with Gasteiger partial charge in [-0.2, -0.15) is 0 Å². The number of aromatic amines is 1. The summed E-state index contributed by atoms with van der Waals surface area (Å²) in [6.45, 7) is 3.58. The Hall–Kier alpha value is -3.72. The van der Waals surface area contributed by atoms with E-state index in [1.807, 2.05) is 12.1 Å². The summed E-state index contributed by atoms with van der Waals surface area (Å²) in [5, 5.41) is 10.3. The number of carbonyl (C=O) groups is 3. The molecule has 9 heteroatoms. The number of carbonyl (C=O) groups excluding carboxylic acids is 3. The van der Waals surface area contributed by atoms with E-state index >= 15 is 0 Å². The van der Waals surface area contributed by atoms with E-state index in [4.69, 9.17) is 4.74 Å². The van der Waals surface area contributed by atoms with Crippen LogP contribution >= 0.6 is 0 Å². The molecule has 0 aliphatic carbocycles. The Morgan fingerprint density at radius 1 is 1.00 bits per heavy atom. The Balaban J connectivity index is 1.35. The predicted octanol–water partition coefficient (Wildman–Crippen LogP) is 3.88. The average molecular weight is 536 g/mol. The van der Waals surface area contributed by atoms with Gasteiger partial charge in [-0.1, -0.05) is 12.1 Å². The molecule has 2 N–H and O–H groups in total. The van der Waals surface area contributed by atoms with Crippen LogP contribution in [0.4, 0.5) is 4.39 Å². The molecule has 2 amide bonds. The van der Waals surface area contributed by atoms with Gasteiger partial charge in [0.1, 0.15) is 11.6 Å². The number of H-pyrrole nitrogens is 1. The molecule has 3 heterocycles. The number of benzene rings is 2. The first kappa shape index (κ1) is 26.9. The lowest BCUT2D eigenvalue weighted by atomic mass is 9.90. The largest absolute Gasteiger partial charge is 0.496 e. The van der Waals surface area contributed by atoms with Crippen molar-refractivity contribution in [2.24, 2.45) is 5.92 Å². The first-order valence-corrected chi connectivity index (χ1v) is 13.5. The number of fused-ring (bicyclic) bond motifs is 1. The van der Waals surface area contributed by atoms with Crippen molar-refractivity contribution < 1.29 is 28.6 Å². The number of hydrogen-bond donors (Lipinski definition) is 2. The zero-order chi connectivity index (χ0) is 27.7. The standard InChI is InChI=1S/C30H34FN3O5/c1-18-27(28(36)30(38)34-13-9-22(35)10-14-34)23-16-24(26(39-2)17-25(23)32-18)29(37)33-11-7-20(8-12-33)15-19-3-5-21(31)6-4-19/h3-6,16-17,20,22,32,35H,7-15H2,1-2H3. The van der Waals surface area contributed by atoms with E-state index in [2.05, 4.69) is 4.98 Å². The van der Waals surface area contributed by atoms with Gasteiger partial charge in [-0.25, -0.2) is 4.39 Å². The number of halogens is 1. The number of piperidine rings is 2. The summed E-state index contributed by atoms with van der Waals surface area (Å²) in [7, 11) is 1.50. The number of ketones is 1. The van der Waals surface area contributed by atoms with Gasteiger partial charge in [0.2, 0.25) is 0 Å². The van der Waals surface area contributed by atoms with E-state index in [1.54, 1.807) is 24.0 Å². The maximum absolute atomic E-state index is 13.6. The van der Waals surface area contributed by atoms with Gasteiger partial charge in [-0.15, -0.1) is 0 Å². The quantitative estimate of drug-likeness (QED) is 0.368. The number of rotatable bonds is 6. The molecule has 3 aromatic rings. The number of hydrogen-bond acceptors (Lipinski definition) is 5. The van der Waals surface area contributed by atoms with Crippen molar-refractivity contribution >= 4 is 28.5 Å². The van der Waals surface area contributed by atoms with Crippen LogP contribution in [-0.2, 0) is 11.2 Å². The third-order valence-electron chi connectivity index (χ3n) is 8.05. The SMILES string of the molecule is COc1cc2[nH]c(C)c(C(=O)C(=O)N3CCC(O)CC3)c2cc1C(=O)N1CCC(Cc2ccc(F)cc2)CC1. The molecule has 0 atom stereocenters. The predicted molar refractivity (Wildman–Crippen MR) is 144 cm³/mol. The van der Waals surface area contributed by atoms with Gasteiger partial charge in [0.05, 0.1) is 29.9 Å². The lowest BCUT2D eigenvalue weighted by molar-refractivity contribution is -0.128. The molecule has 2 aliphatic rings. The van der Waals surface area contributed by atoms with Crippen LogP contribution in [0.3, 0.4) is 0 Å². The maximum atomic E-state index is 13.6. The summed E-state index contributed by atoms with van der Waals surface area (Å²) in [6, 6.07) is 9.93. The molecule has 2 saturated heterocycles. The molecule has 5 rings (SSSR count). The lowest BCUT2D eigenvalue weighted by Gasteiger charge is -2.32. The fraction of sp³-hybridized carbons (Fsp3) is 0.433. The number of ether oxygens (including phenoxy) is 1. The topological polar surface area (TPSA) is 103 Å². The second-order valence-electron chi connectivity index (χ2n) is 10.6. The summed E-state index contributed by atoms with van der Waals surface area (Å²) in [5.74, 6) is -0.844. The molecular weight excluding hydrogens is 501 g/mol. The Morgan fingerprint density at radius 3 is 2.28 bits per heavy atom. The van der Waals surface area contributed by atoms with Crippen molar-refractivity contribution in [1.29, 1.82) is 0 Å². The molecule has 0 radical (unpaired) electrons. The number of aryl methyl sites for hydroxylation is 1. The Labute approximate surface area is 226 Å². The molecule has 2 aliphatic heterocycles. The van der Waals surface area contributed by atoms with E-state index in [-0.39, 0.29) is 17.3 Å². The zero-order valence-corrected chi connectivity index (χ0v) is 22.3. The minimum Gasteiger partial charge on any atom is -0.496 e. The van der Waals surface area contributed by atoms with Gasteiger partial charge in [0, 0.05) is 43.3 Å². The summed E-state index contributed by atoms with van der Waals surface area (Å²) in [6.07, 6.45) is 2.95. The average Bonchev–Trinajstić information content (AvgIpc) is 3.27. The molecule has 0 spiro atoms. The summed E-state index contributed by atoms with van der Waals surface area (Å²) >= 11 is 0. The number of amides is 2. The molecule has 206 valence electrons. The van der Waals surface area contributed by atoms with Crippen LogP contribution in [0, 0.1) is 18.7 Å². The second kappa shape index (κ2) is 11.2. The van der Waals surface area contributed by atoms with E-state index < -0.39 is 17.8 Å². The Bertz CT molecular complexity index is 1380. The van der Waals surface area contributed by atoms with Crippen molar-refractivity contribution in [3.63, 3.8) is 0 Å². The number of nitrogens with zero attached hydrogens (tertiary/aromatic N) is 2. The normalized spacial score (nSPS) is 17.0. The van der Waals surface area contributed by atoms with Gasteiger partial charge < -0.3 is 24.6 Å². The Morgan fingerprint density at radius 2 is 1.64 bits per heavy atom. The lowest BCUT2D eigenvalue weighted by Crippen LogP contribution is -2.43. The minimum atomic E-state index is -0.625. The third-order valence-corrected chi connectivity index (χ3v) is 8.05. The molecule has 39 heavy (non-hydrogen) atoms. The van der Waals surface area contributed by atoms with Gasteiger partial charge in [0.15, 0.2) is 0 Å². The van der Waals surface area contributed by atoms with Crippen LogP contribution in [-0.4, -0.2) is 76.9 Å². The molecule has 8 nitrogen and oxygen atoms in total. The van der Waals surface area contributed by atoms with E-state index in [0.717, 1.165) is 24.8 Å². The van der Waals surface area contributed by atoms with E-state index in [1.165, 1.54) is 24.1 Å². The smallest absolute Gasteiger partial charge is 0.295 e. The molecule has 0 bridgehead atoms. The van der Waals surface area contributed by atoms with Gasteiger partial charge in [-0.3, -0.25) is 14.4 Å². The van der Waals surface area contributed by atoms with Crippen molar-refractivity contribution in [3.8, 4) is 5.75 Å². The summed E-state index contributed by atoms with van der Waals surface area (Å²) in [4.78, 5) is 46.5. The highest BCUT2D eigenvalue weighted by Crippen LogP contribution is 2.32. The summed E-state index contributed by atoms with van der Waals surface area (Å²) < 4.78 is 18.8. The minimum absolute atomic E-state index is 0.178. The first-order valence-electron chi connectivity index (χ1n) is 13.5. The van der Waals surface area contributed by atoms with Crippen LogP contribution in [0.1, 0.15) is 57.7 Å².